The molecule has 2 amide bonds. The Bertz CT molecular complexity index is 1400. The van der Waals surface area contributed by atoms with Crippen LogP contribution in [0.15, 0.2) is 30.7 Å². The number of aliphatic hydroxyl groups is 1. The van der Waals surface area contributed by atoms with Crippen LogP contribution >= 0.6 is 0 Å². The van der Waals surface area contributed by atoms with Crippen molar-refractivity contribution in [3.8, 4) is 5.75 Å². The summed E-state index contributed by atoms with van der Waals surface area (Å²) in [5, 5.41) is 24.7. The normalized spacial score (nSPS) is 16.5. The molecule has 0 unspecified atom stereocenters. The molecule has 1 fully saturated rings. The summed E-state index contributed by atoms with van der Waals surface area (Å²) in [4.78, 5) is 36.7. The second-order valence-corrected chi connectivity index (χ2v) is 11.0. The van der Waals surface area contributed by atoms with Crippen molar-refractivity contribution >= 4 is 17.6 Å². The molecular weight excluding hydrogens is 538 g/mol. The number of likely N-dealkylation sites (tertiary alicyclic amines) is 1. The Morgan fingerprint density at radius 1 is 1.19 bits per heavy atom. The minimum atomic E-state index is -0.724. The van der Waals surface area contributed by atoms with Gasteiger partial charge >= 0.3 is 0 Å². The van der Waals surface area contributed by atoms with Crippen LogP contribution in [0.3, 0.4) is 0 Å². The standard InChI is InChI=1S/C29H39N9O4/c1-19-25-8-9-37(15-21(25)4-5-27(19)42-17-23-13-33-35-36(23)3)16-24(40)14-30-29(41)26-12-28(32-18-31-26)34-22-6-10-38(11-7-22)20(2)39/h4-5,12-13,18,22,24,40H,6-11,14-17H2,1-3H3,(H,30,41)(H,31,32,34)/t24-/m0/s1. The molecule has 1 aromatic carbocycles. The van der Waals surface area contributed by atoms with E-state index in [9.17, 15) is 14.7 Å². The van der Waals surface area contributed by atoms with Crippen molar-refractivity contribution in [2.45, 2.75) is 58.4 Å². The Morgan fingerprint density at radius 2 is 2.00 bits per heavy atom. The number of nitrogens with one attached hydrogen (secondary N) is 2. The van der Waals surface area contributed by atoms with Gasteiger partial charge in [0, 0.05) is 65.3 Å². The number of carbonyl (C=O) groups excluding carboxylic acids is 2. The number of anilines is 1. The molecule has 13 heteroatoms. The first-order valence-corrected chi connectivity index (χ1v) is 14.4. The van der Waals surface area contributed by atoms with Crippen molar-refractivity contribution in [2.75, 3.05) is 38.0 Å². The Morgan fingerprint density at radius 3 is 2.74 bits per heavy atom. The lowest BCUT2D eigenvalue weighted by atomic mass is 9.94. The third-order valence-electron chi connectivity index (χ3n) is 8.06. The molecule has 0 spiro atoms. The van der Waals surface area contributed by atoms with E-state index in [0.717, 1.165) is 49.4 Å². The van der Waals surface area contributed by atoms with Gasteiger partial charge in [0.25, 0.3) is 5.91 Å². The number of piperidine rings is 1. The second kappa shape index (κ2) is 13.3. The summed E-state index contributed by atoms with van der Waals surface area (Å²) in [6.07, 6.45) is 4.82. The topological polar surface area (TPSA) is 151 Å². The molecule has 3 aromatic rings. The van der Waals surface area contributed by atoms with Crippen molar-refractivity contribution in [2.24, 2.45) is 7.05 Å². The molecule has 13 nitrogen and oxygen atoms in total. The van der Waals surface area contributed by atoms with E-state index in [1.165, 1.54) is 17.5 Å². The third kappa shape index (κ3) is 7.21. The highest BCUT2D eigenvalue weighted by Gasteiger charge is 2.23. The van der Waals surface area contributed by atoms with E-state index in [1.807, 2.05) is 18.0 Å². The fraction of sp³-hybridized carbons (Fsp3) is 0.517. The minimum absolute atomic E-state index is 0.0900. The number of fused-ring (bicyclic) bond motifs is 1. The van der Waals surface area contributed by atoms with Crippen LogP contribution in [0.25, 0.3) is 0 Å². The van der Waals surface area contributed by atoms with Gasteiger partial charge in [0.15, 0.2) is 0 Å². The molecule has 2 aliphatic heterocycles. The summed E-state index contributed by atoms with van der Waals surface area (Å²) < 4.78 is 7.75. The summed E-state index contributed by atoms with van der Waals surface area (Å²) in [5.74, 6) is 1.15. The smallest absolute Gasteiger partial charge is 0.270 e. The zero-order chi connectivity index (χ0) is 29.6. The van der Waals surface area contributed by atoms with Crippen LogP contribution in [0, 0.1) is 6.92 Å². The third-order valence-corrected chi connectivity index (χ3v) is 8.06. The Balaban J connectivity index is 1.08. The summed E-state index contributed by atoms with van der Waals surface area (Å²) in [6.45, 7) is 7.57. The maximum Gasteiger partial charge on any atom is 0.270 e. The van der Waals surface area contributed by atoms with Gasteiger partial charge in [0.05, 0.1) is 18.0 Å². The number of aromatic nitrogens is 5. The van der Waals surface area contributed by atoms with Gasteiger partial charge in [-0.1, -0.05) is 11.3 Å². The molecule has 224 valence electrons. The molecular formula is C29H39N9O4. The molecule has 42 heavy (non-hydrogen) atoms. The lowest BCUT2D eigenvalue weighted by Crippen LogP contribution is -2.42. The Hall–Kier alpha value is -4.10. The highest BCUT2D eigenvalue weighted by atomic mass is 16.5. The number of carbonyl (C=O) groups is 2. The second-order valence-electron chi connectivity index (χ2n) is 11.0. The molecule has 0 saturated carbocycles. The minimum Gasteiger partial charge on any atom is -0.487 e. The quantitative estimate of drug-likeness (QED) is 0.319. The van der Waals surface area contributed by atoms with Crippen molar-refractivity contribution in [3.63, 3.8) is 0 Å². The molecule has 2 aliphatic rings. The van der Waals surface area contributed by atoms with Crippen LogP contribution in [0.4, 0.5) is 5.82 Å². The van der Waals surface area contributed by atoms with Crippen LogP contribution in [0.2, 0.25) is 0 Å². The van der Waals surface area contributed by atoms with Crippen LogP contribution in [-0.4, -0.2) is 96.6 Å². The van der Waals surface area contributed by atoms with Gasteiger partial charge in [-0.25, -0.2) is 14.6 Å². The molecule has 4 heterocycles. The molecule has 1 saturated heterocycles. The van der Waals surface area contributed by atoms with E-state index < -0.39 is 6.10 Å². The highest BCUT2D eigenvalue weighted by molar-refractivity contribution is 5.92. The fourth-order valence-corrected chi connectivity index (χ4v) is 5.55. The number of hydrogen-bond acceptors (Lipinski definition) is 10. The monoisotopic (exact) mass is 577 g/mol. The fourth-order valence-electron chi connectivity index (χ4n) is 5.55. The lowest BCUT2D eigenvalue weighted by molar-refractivity contribution is -0.129. The van der Waals surface area contributed by atoms with Crippen molar-refractivity contribution in [1.82, 2.24) is 40.1 Å². The van der Waals surface area contributed by atoms with Gasteiger partial charge in [-0.2, -0.15) is 0 Å². The summed E-state index contributed by atoms with van der Waals surface area (Å²) in [6, 6.07) is 5.88. The van der Waals surface area contributed by atoms with Crippen molar-refractivity contribution in [1.29, 1.82) is 0 Å². The van der Waals surface area contributed by atoms with Gasteiger partial charge in [0.1, 0.15) is 30.2 Å². The predicted octanol–water partition coefficient (Wildman–Crippen LogP) is 1.06. The average Bonchev–Trinajstić information content (AvgIpc) is 3.40. The molecule has 1 atom stereocenters. The number of rotatable bonds is 10. The van der Waals surface area contributed by atoms with E-state index >= 15 is 0 Å². The zero-order valence-electron chi connectivity index (χ0n) is 24.4. The average molecular weight is 578 g/mol. The molecule has 3 N–H and O–H groups in total. The van der Waals surface area contributed by atoms with E-state index in [-0.39, 0.29) is 30.1 Å². The molecule has 0 bridgehead atoms. The number of amides is 2. The Labute approximate surface area is 245 Å². The Kier molecular flexibility index (Phi) is 9.28. The number of ether oxygens (including phenoxy) is 1. The molecule has 0 aliphatic carbocycles. The predicted molar refractivity (Wildman–Crippen MR) is 155 cm³/mol. The van der Waals surface area contributed by atoms with Gasteiger partial charge in [-0.15, -0.1) is 5.10 Å². The zero-order valence-corrected chi connectivity index (χ0v) is 24.4. The number of aliphatic hydroxyl groups excluding tert-OH is 1. The van der Waals surface area contributed by atoms with E-state index in [4.69, 9.17) is 4.74 Å². The van der Waals surface area contributed by atoms with Crippen LogP contribution in [0.5, 0.6) is 5.75 Å². The first-order chi connectivity index (χ1) is 20.3. The summed E-state index contributed by atoms with van der Waals surface area (Å²) in [7, 11) is 1.84. The van der Waals surface area contributed by atoms with Gasteiger partial charge in [-0.05, 0) is 48.9 Å². The lowest BCUT2D eigenvalue weighted by Gasteiger charge is -2.32. The molecule has 5 rings (SSSR count). The van der Waals surface area contributed by atoms with Crippen LogP contribution in [-0.2, 0) is 31.4 Å². The van der Waals surface area contributed by atoms with Crippen LogP contribution < -0.4 is 15.4 Å². The summed E-state index contributed by atoms with van der Waals surface area (Å²) >= 11 is 0. The van der Waals surface area contributed by atoms with Gasteiger partial charge < -0.3 is 25.4 Å². The molecule has 2 aromatic heterocycles. The molecule has 0 radical (unpaired) electrons. The first-order valence-electron chi connectivity index (χ1n) is 14.4. The SMILES string of the molecule is CC(=O)N1CCC(Nc2cc(C(=O)NC[C@H](O)CN3CCc4c(ccc(OCc5cnnn5C)c4C)C3)ncn2)CC1. The van der Waals surface area contributed by atoms with Gasteiger partial charge in [-0.3, -0.25) is 14.5 Å². The largest absolute Gasteiger partial charge is 0.487 e. The number of benzene rings is 1. The maximum absolute atomic E-state index is 12.8. The van der Waals surface area contributed by atoms with E-state index in [0.29, 0.717) is 32.1 Å². The number of β-amino-alcohol motifs (C(OH)–C–C–N with tert-alkyl or cyclic N) is 1. The van der Waals surface area contributed by atoms with Crippen molar-refractivity contribution in [3.05, 3.63) is 58.8 Å². The first kappa shape index (κ1) is 29.4. The van der Waals surface area contributed by atoms with Crippen LogP contribution in [0.1, 0.15) is 52.6 Å². The van der Waals surface area contributed by atoms with E-state index in [1.54, 1.807) is 23.9 Å². The maximum atomic E-state index is 12.8. The number of hydrogen-bond donors (Lipinski definition) is 3. The van der Waals surface area contributed by atoms with E-state index in [2.05, 4.69) is 48.8 Å². The van der Waals surface area contributed by atoms with Crippen molar-refractivity contribution < 1.29 is 19.4 Å². The van der Waals surface area contributed by atoms with Gasteiger partial charge in [0.2, 0.25) is 5.91 Å². The number of nitrogens with zero attached hydrogens (tertiary/aromatic N) is 7. The summed E-state index contributed by atoms with van der Waals surface area (Å²) in [5.41, 5.74) is 4.78. The number of aryl methyl sites for hydroxylation is 1. The highest BCUT2D eigenvalue weighted by Crippen LogP contribution is 2.30.